The third-order valence-electron chi connectivity index (χ3n) is 5.95. The van der Waals surface area contributed by atoms with Crippen LogP contribution < -0.4 is 10.6 Å². The lowest BCUT2D eigenvalue weighted by molar-refractivity contribution is -0.144. The zero-order valence-electron chi connectivity index (χ0n) is 18.9. The average Bonchev–Trinajstić information content (AvgIpc) is 3.18. The van der Waals surface area contributed by atoms with Gasteiger partial charge in [-0.2, -0.15) is 0 Å². The molecule has 1 aromatic carbocycles. The second-order valence-corrected chi connectivity index (χ2v) is 8.56. The zero-order chi connectivity index (χ0) is 21.7. The summed E-state index contributed by atoms with van der Waals surface area (Å²) >= 11 is 0. The van der Waals surface area contributed by atoms with Crippen LogP contribution in [0.25, 0.3) is 0 Å². The van der Waals surface area contributed by atoms with E-state index in [1.165, 1.54) is 56.9 Å². The van der Waals surface area contributed by atoms with Gasteiger partial charge >= 0.3 is 5.97 Å². The van der Waals surface area contributed by atoms with Crippen LogP contribution in [0.4, 0.5) is 0 Å². The van der Waals surface area contributed by atoms with Crippen molar-refractivity contribution >= 4 is 11.9 Å². The van der Waals surface area contributed by atoms with Gasteiger partial charge in [-0.3, -0.25) is 9.59 Å². The molecule has 1 fully saturated rings. The Balaban J connectivity index is 1.76. The highest BCUT2D eigenvalue weighted by molar-refractivity contribution is 5.95. The molecule has 0 aromatic heterocycles. The summed E-state index contributed by atoms with van der Waals surface area (Å²) in [6, 6.07) is 7.91. The first-order chi connectivity index (χ1) is 14.6. The quantitative estimate of drug-likeness (QED) is 0.338. The van der Waals surface area contributed by atoms with Crippen LogP contribution in [0.3, 0.4) is 0 Å². The number of amides is 1. The first-order valence-electron chi connectivity index (χ1n) is 11.9. The number of aryl methyl sites for hydroxylation is 1. The molecule has 5 nitrogen and oxygen atoms in total. The van der Waals surface area contributed by atoms with Crippen molar-refractivity contribution in [3.63, 3.8) is 0 Å². The Hall–Kier alpha value is -1.88. The molecule has 30 heavy (non-hydrogen) atoms. The minimum atomic E-state index is -0.556. The van der Waals surface area contributed by atoms with Crippen molar-refractivity contribution in [2.45, 2.75) is 90.0 Å². The van der Waals surface area contributed by atoms with Crippen molar-refractivity contribution in [2.24, 2.45) is 0 Å². The number of esters is 1. The number of carbonyl (C=O) groups excluding carboxylic acids is 2. The summed E-state index contributed by atoms with van der Waals surface area (Å²) in [7, 11) is 0. The van der Waals surface area contributed by atoms with Crippen LogP contribution in [0.2, 0.25) is 0 Å². The maximum atomic E-state index is 12.8. The molecule has 1 unspecified atom stereocenters. The van der Waals surface area contributed by atoms with E-state index in [1.54, 1.807) is 6.92 Å². The molecule has 5 heteroatoms. The Morgan fingerprint density at radius 1 is 1.00 bits per heavy atom. The van der Waals surface area contributed by atoms with Crippen molar-refractivity contribution in [2.75, 3.05) is 19.7 Å². The van der Waals surface area contributed by atoms with E-state index in [0.29, 0.717) is 18.7 Å². The molecule has 1 aromatic rings. The lowest BCUT2D eigenvalue weighted by Gasteiger charge is -2.28. The highest BCUT2D eigenvalue weighted by Crippen LogP contribution is 2.21. The van der Waals surface area contributed by atoms with Gasteiger partial charge < -0.3 is 15.4 Å². The second-order valence-electron chi connectivity index (χ2n) is 8.56. The van der Waals surface area contributed by atoms with Gasteiger partial charge in [0.15, 0.2) is 0 Å². The third-order valence-corrected chi connectivity index (χ3v) is 5.95. The number of benzene rings is 1. The molecule has 0 radical (unpaired) electrons. The van der Waals surface area contributed by atoms with Crippen LogP contribution >= 0.6 is 0 Å². The number of unbranched alkanes of at least 4 members (excludes halogenated alkanes) is 7. The summed E-state index contributed by atoms with van der Waals surface area (Å²) in [5, 5.41) is 6.35. The van der Waals surface area contributed by atoms with Gasteiger partial charge in [0.2, 0.25) is 0 Å². The zero-order valence-corrected chi connectivity index (χ0v) is 18.9. The van der Waals surface area contributed by atoms with Crippen LogP contribution in [-0.2, 0) is 16.0 Å². The number of rotatable bonds is 14. The SMILES string of the molecule is CCCCCCCCCCc1ccc(C(=O)NC2(CC(=O)OCC)CCNC2)cc1. The molecule has 1 atom stereocenters. The van der Waals surface area contributed by atoms with Gasteiger partial charge in [-0.25, -0.2) is 0 Å². The smallest absolute Gasteiger partial charge is 0.308 e. The maximum Gasteiger partial charge on any atom is 0.308 e. The summed E-state index contributed by atoms with van der Waals surface area (Å²) in [5.41, 5.74) is 1.37. The van der Waals surface area contributed by atoms with Crippen molar-refractivity contribution in [3.8, 4) is 0 Å². The van der Waals surface area contributed by atoms with E-state index in [9.17, 15) is 9.59 Å². The van der Waals surface area contributed by atoms with Crippen molar-refractivity contribution in [1.29, 1.82) is 0 Å². The van der Waals surface area contributed by atoms with Gasteiger partial charge in [0, 0.05) is 12.1 Å². The molecular formula is C25H40N2O3. The summed E-state index contributed by atoms with van der Waals surface area (Å²) < 4.78 is 5.09. The minimum Gasteiger partial charge on any atom is -0.466 e. The topological polar surface area (TPSA) is 67.4 Å². The van der Waals surface area contributed by atoms with Crippen LogP contribution in [-0.4, -0.2) is 37.1 Å². The molecule has 0 spiro atoms. The third kappa shape index (κ3) is 8.47. The van der Waals surface area contributed by atoms with Gasteiger partial charge in [0.05, 0.1) is 18.6 Å². The van der Waals surface area contributed by atoms with E-state index in [2.05, 4.69) is 29.7 Å². The Morgan fingerprint density at radius 2 is 1.67 bits per heavy atom. The first-order valence-corrected chi connectivity index (χ1v) is 11.9. The van der Waals surface area contributed by atoms with Gasteiger partial charge in [0.1, 0.15) is 0 Å². The molecule has 0 bridgehead atoms. The molecule has 1 heterocycles. The molecule has 0 saturated carbocycles. The highest BCUT2D eigenvalue weighted by atomic mass is 16.5. The first kappa shape index (κ1) is 24.4. The number of hydrogen-bond donors (Lipinski definition) is 2. The van der Waals surface area contributed by atoms with Crippen LogP contribution in [0, 0.1) is 0 Å². The maximum absolute atomic E-state index is 12.8. The van der Waals surface area contributed by atoms with Gasteiger partial charge in [-0.1, -0.05) is 64.0 Å². The standard InChI is InChI=1S/C25H40N2O3/c1-3-5-6-7-8-9-10-11-12-21-13-15-22(16-14-21)24(29)27-25(17-18-26-20-25)19-23(28)30-4-2/h13-16,26H,3-12,17-20H2,1-2H3,(H,27,29). The molecule has 2 rings (SSSR count). The summed E-state index contributed by atoms with van der Waals surface area (Å²) in [4.78, 5) is 24.8. The predicted octanol–water partition coefficient (Wildman–Crippen LogP) is 4.78. The molecule has 168 valence electrons. The molecule has 0 aliphatic carbocycles. The summed E-state index contributed by atoms with van der Waals surface area (Å²) in [6.07, 6.45) is 12.5. The van der Waals surface area contributed by atoms with Crippen LogP contribution in [0.15, 0.2) is 24.3 Å². The minimum absolute atomic E-state index is 0.123. The lowest BCUT2D eigenvalue weighted by atomic mass is 9.93. The average molecular weight is 417 g/mol. The second kappa shape index (κ2) is 13.4. The fourth-order valence-electron chi connectivity index (χ4n) is 4.13. The van der Waals surface area contributed by atoms with E-state index in [0.717, 1.165) is 19.4 Å². The Kier molecular flexibility index (Phi) is 10.9. The number of ether oxygens (including phenoxy) is 1. The molecule has 1 saturated heterocycles. The normalized spacial score (nSPS) is 18.3. The lowest BCUT2D eigenvalue weighted by Crippen LogP contribution is -2.51. The molecule has 2 N–H and O–H groups in total. The van der Waals surface area contributed by atoms with Gasteiger partial charge in [-0.05, 0) is 50.4 Å². The Morgan fingerprint density at radius 3 is 2.27 bits per heavy atom. The van der Waals surface area contributed by atoms with E-state index in [-0.39, 0.29) is 18.3 Å². The predicted molar refractivity (Wildman–Crippen MR) is 122 cm³/mol. The van der Waals surface area contributed by atoms with Gasteiger partial charge in [0.25, 0.3) is 5.91 Å². The number of nitrogens with one attached hydrogen (secondary N) is 2. The van der Waals surface area contributed by atoms with Crippen molar-refractivity contribution in [1.82, 2.24) is 10.6 Å². The van der Waals surface area contributed by atoms with E-state index in [1.807, 2.05) is 12.1 Å². The largest absolute Gasteiger partial charge is 0.466 e. The fraction of sp³-hybridized carbons (Fsp3) is 0.680. The van der Waals surface area contributed by atoms with Gasteiger partial charge in [-0.15, -0.1) is 0 Å². The fourth-order valence-corrected chi connectivity index (χ4v) is 4.13. The summed E-state index contributed by atoms with van der Waals surface area (Å²) in [6.45, 7) is 5.79. The molecular weight excluding hydrogens is 376 g/mol. The van der Waals surface area contributed by atoms with E-state index < -0.39 is 5.54 Å². The number of carbonyl (C=O) groups is 2. The molecule has 1 amide bonds. The van der Waals surface area contributed by atoms with E-state index in [4.69, 9.17) is 4.74 Å². The van der Waals surface area contributed by atoms with Crippen LogP contribution in [0.1, 0.15) is 94.0 Å². The van der Waals surface area contributed by atoms with E-state index >= 15 is 0 Å². The highest BCUT2D eigenvalue weighted by Gasteiger charge is 2.38. The molecule has 1 aliphatic rings. The van der Waals surface area contributed by atoms with Crippen LogP contribution in [0.5, 0.6) is 0 Å². The number of hydrogen-bond acceptors (Lipinski definition) is 4. The summed E-state index contributed by atoms with van der Waals surface area (Å²) in [5.74, 6) is -0.385. The van der Waals surface area contributed by atoms with Crippen molar-refractivity contribution < 1.29 is 14.3 Å². The monoisotopic (exact) mass is 416 g/mol. The molecule has 1 aliphatic heterocycles. The Bertz CT molecular complexity index is 636. The Labute approximate surface area is 182 Å². The van der Waals surface area contributed by atoms with Crippen molar-refractivity contribution in [3.05, 3.63) is 35.4 Å².